The van der Waals surface area contributed by atoms with Crippen molar-refractivity contribution in [2.24, 2.45) is 0 Å². The van der Waals surface area contributed by atoms with E-state index in [4.69, 9.17) is 4.74 Å². The molecule has 0 radical (unpaired) electrons. The van der Waals surface area contributed by atoms with E-state index < -0.39 is 0 Å². The lowest BCUT2D eigenvalue weighted by Gasteiger charge is -2.45. The molecule has 2 aromatic rings. The molecule has 1 heterocycles. The molecule has 1 N–H and O–H groups in total. The van der Waals surface area contributed by atoms with Gasteiger partial charge in [0.05, 0.1) is 11.7 Å². The lowest BCUT2D eigenvalue weighted by molar-refractivity contribution is 0.138. The van der Waals surface area contributed by atoms with Gasteiger partial charge in [0.2, 0.25) is 0 Å². The van der Waals surface area contributed by atoms with Crippen molar-refractivity contribution in [2.75, 3.05) is 5.32 Å². The van der Waals surface area contributed by atoms with Crippen molar-refractivity contribution in [1.29, 1.82) is 0 Å². The van der Waals surface area contributed by atoms with E-state index in [1.54, 1.807) is 0 Å². The van der Waals surface area contributed by atoms with Crippen molar-refractivity contribution in [3.8, 4) is 5.75 Å². The average Bonchev–Trinajstić information content (AvgIpc) is 2.45. The van der Waals surface area contributed by atoms with Crippen LogP contribution < -0.4 is 10.1 Å². The van der Waals surface area contributed by atoms with E-state index in [-0.39, 0.29) is 11.5 Å². The lowest BCUT2D eigenvalue weighted by atomic mass is 9.69. The van der Waals surface area contributed by atoms with Gasteiger partial charge in [0.15, 0.2) is 0 Å². The van der Waals surface area contributed by atoms with Gasteiger partial charge in [-0.05, 0) is 41.2 Å². The maximum absolute atomic E-state index is 6.33. The summed E-state index contributed by atoms with van der Waals surface area (Å²) in [5, 5.41) is 3.68. The van der Waals surface area contributed by atoms with E-state index >= 15 is 0 Å². The molecule has 4 rings (SSSR count). The van der Waals surface area contributed by atoms with Gasteiger partial charge in [0.1, 0.15) is 11.9 Å². The molecule has 0 aromatic heterocycles. The monoisotopic (exact) mass is 343 g/mol. The van der Waals surface area contributed by atoms with Crippen molar-refractivity contribution in [2.45, 2.75) is 37.8 Å². The Balaban J connectivity index is 1.82. The summed E-state index contributed by atoms with van der Waals surface area (Å²) in [6, 6.07) is 15.2. The third-order valence-electron chi connectivity index (χ3n) is 4.63. The fourth-order valence-electron chi connectivity index (χ4n) is 3.67. The summed E-state index contributed by atoms with van der Waals surface area (Å²) in [7, 11) is 0. The maximum Gasteiger partial charge on any atom is 0.144 e. The second-order valence-electron chi connectivity index (χ2n) is 6.61. The van der Waals surface area contributed by atoms with Crippen molar-refractivity contribution in [1.82, 2.24) is 0 Å². The molecule has 2 aromatic carbocycles. The molecular weight excluding hydrogens is 326 g/mol. The van der Waals surface area contributed by atoms with Crippen molar-refractivity contribution in [3.63, 3.8) is 0 Å². The Morgan fingerprint density at radius 1 is 1.19 bits per heavy atom. The predicted molar refractivity (Wildman–Crippen MR) is 89.0 cm³/mol. The first-order valence-corrected chi connectivity index (χ1v) is 8.16. The Morgan fingerprint density at radius 2 is 2.00 bits per heavy atom. The molecule has 0 saturated carbocycles. The van der Waals surface area contributed by atoms with Crippen LogP contribution >= 0.6 is 15.9 Å². The number of ether oxygens (including phenoxy) is 1. The van der Waals surface area contributed by atoms with E-state index in [9.17, 15) is 0 Å². The molecule has 0 bridgehead atoms. The van der Waals surface area contributed by atoms with E-state index in [0.717, 1.165) is 22.3 Å². The molecule has 1 aliphatic heterocycles. The number of fused-ring (bicyclic) bond motifs is 4. The van der Waals surface area contributed by atoms with Crippen LogP contribution in [0.4, 0.5) is 5.69 Å². The van der Waals surface area contributed by atoms with Gasteiger partial charge in [-0.1, -0.05) is 54.0 Å². The zero-order chi connectivity index (χ0) is 14.6. The summed E-state index contributed by atoms with van der Waals surface area (Å²) in [6.07, 6.45) is 1.17. The Labute approximate surface area is 133 Å². The first kappa shape index (κ1) is 13.2. The zero-order valence-electron chi connectivity index (χ0n) is 12.2. The summed E-state index contributed by atoms with van der Waals surface area (Å²) in [5.41, 5.74) is 3.98. The van der Waals surface area contributed by atoms with Crippen LogP contribution in [0.3, 0.4) is 0 Å². The normalized spacial score (nSPS) is 24.9. The van der Waals surface area contributed by atoms with Crippen LogP contribution in [0.25, 0.3) is 0 Å². The molecule has 21 heavy (non-hydrogen) atoms. The van der Waals surface area contributed by atoms with Gasteiger partial charge in [-0.3, -0.25) is 0 Å². The van der Waals surface area contributed by atoms with Crippen LogP contribution in [-0.2, 0) is 5.41 Å². The summed E-state index contributed by atoms with van der Waals surface area (Å²) >= 11 is 3.53. The van der Waals surface area contributed by atoms with Crippen LogP contribution in [-0.4, -0.2) is 6.04 Å². The number of hydrogen-bond acceptors (Lipinski definition) is 2. The van der Waals surface area contributed by atoms with Gasteiger partial charge < -0.3 is 10.1 Å². The minimum absolute atomic E-state index is 0.0999. The molecule has 0 spiro atoms. The molecule has 2 nitrogen and oxygen atoms in total. The number of nitrogens with one attached hydrogen (secondary N) is 1. The molecule has 0 amide bonds. The minimum Gasteiger partial charge on any atom is -0.481 e. The predicted octanol–water partition coefficient (Wildman–Crippen LogP) is 5.04. The first-order valence-electron chi connectivity index (χ1n) is 7.37. The van der Waals surface area contributed by atoms with Crippen molar-refractivity contribution < 1.29 is 4.74 Å². The topological polar surface area (TPSA) is 21.3 Å². The standard InChI is InChI=1S/C18H18BrNO/c1-18(2)10-15-17(12-5-3-4-6-13(12)18)21-16-8-7-11(19)9-14(16)20-15/h3-9,15,17,20H,10H2,1-2H3. The highest BCUT2D eigenvalue weighted by atomic mass is 79.9. The van der Waals surface area contributed by atoms with Crippen molar-refractivity contribution in [3.05, 3.63) is 58.1 Å². The number of halogens is 1. The second-order valence-corrected chi connectivity index (χ2v) is 7.52. The summed E-state index contributed by atoms with van der Waals surface area (Å²) in [6.45, 7) is 4.64. The summed E-state index contributed by atoms with van der Waals surface area (Å²) in [5.74, 6) is 0.939. The zero-order valence-corrected chi connectivity index (χ0v) is 13.8. The highest BCUT2D eigenvalue weighted by molar-refractivity contribution is 9.10. The highest BCUT2D eigenvalue weighted by Crippen LogP contribution is 2.48. The van der Waals surface area contributed by atoms with Crippen LogP contribution in [0.1, 0.15) is 37.5 Å². The van der Waals surface area contributed by atoms with Gasteiger partial charge in [0, 0.05) is 4.47 Å². The molecule has 1 aliphatic carbocycles. The summed E-state index contributed by atoms with van der Waals surface area (Å²) < 4.78 is 7.40. The lowest BCUT2D eigenvalue weighted by Crippen LogP contribution is -2.44. The second kappa shape index (κ2) is 4.51. The largest absolute Gasteiger partial charge is 0.481 e. The van der Waals surface area contributed by atoms with E-state index in [1.807, 2.05) is 12.1 Å². The molecule has 2 unspecified atom stereocenters. The Morgan fingerprint density at radius 3 is 2.86 bits per heavy atom. The Kier molecular flexibility index (Phi) is 2.83. The van der Waals surface area contributed by atoms with Gasteiger partial charge in [-0.25, -0.2) is 0 Å². The third-order valence-corrected chi connectivity index (χ3v) is 5.12. The SMILES string of the molecule is CC1(C)CC2Nc3cc(Br)ccc3OC2c2ccccc21. The van der Waals surface area contributed by atoms with Crippen LogP contribution in [0.5, 0.6) is 5.75 Å². The first-order chi connectivity index (χ1) is 10.0. The molecular formula is C18H18BrNO. The maximum atomic E-state index is 6.33. The average molecular weight is 344 g/mol. The molecule has 2 atom stereocenters. The van der Waals surface area contributed by atoms with E-state index in [0.29, 0.717) is 6.04 Å². The van der Waals surface area contributed by atoms with E-state index in [2.05, 4.69) is 65.4 Å². The number of rotatable bonds is 0. The molecule has 0 saturated heterocycles. The van der Waals surface area contributed by atoms with Crippen LogP contribution in [0.2, 0.25) is 0 Å². The molecule has 2 aliphatic rings. The summed E-state index contributed by atoms with van der Waals surface area (Å²) in [4.78, 5) is 0. The van der Waals surface area contributed by atoms with Gasteiger partial charge >= 0.3 is 0 Å². The fourth-order valence-corrected chi connectivity index (χ4v) is 4.03. The number of benzene rings is 2. The van der Waals surface area contributed by atoms with Gasteiger partial charge in [-0.15, -0.1) is 0 Å². The van der Waals surface area contributed by atoms with Crippen LogP contribution in [0, 0.1) is 0 Å². The molecule has 0 fully saturated rings. The molecule has 108 valence electrons. The van der Waals surface area contributed by atoms with E-state index in [1.165, 1.54) is 11.1 Å². The highest BCUT2D eigenvalue weighted by Gasteiger charge is 2.42. The van der Waals surface area contributed by atoms with Gasteiger partial charge in [-0.2, -0.15) is 0 Å². The minimum atomic E-state index is 0.0999. The van der Waals surface area contributed by atoms with Crippen LogP contribution in [0.15, 0.2) is 46.9 Å². The smallest absolute Gasteiger partial charge is 0.144 e. The molecule has 3 heteroatoms. The third kappa shape index (κ3) is 2.06. The van der Waals surface area contributed by atoms with Crippen molar-refractivity contribution >= 4 is 21.6 Å². The van der Waals surface area contributed by atoms with Gasteiger partial charge in [0.25, 0.3) is 0 Å². The fraction of sp³-hybridized carbons (Fsp3) is 0.333. The Hall–Kier alpha value is -1.48. The number of hydrogen-bond donors (Lipinski definition) is 1. The number of anilines is 1. The quantitative estimate of drug-likeness (QED) is 0.723. The Bertz CT molecular complexity index is 710.